The van der Waals surface area contributed by atoms with Crippen LogP contribution in [0.15, 0.2) is 18.2 Å². The van der Waals surface area contributed by atoms with Crippen LogP contribution in [0.4, 0.5) is 0 Å². The van der Waals surface area contributed by atoms with E-state index in [0.717, 1.165) is 25.4 Å². The molecule has 1 aliphatic heterocycles. The maximum absolute atomic E-state index is 11.6. The first kappa shape index (κ1) is 11.1. The van der Waals surface area contributed by atoms with Gasteiger partial charge in [-0.3, -0.25) is 4.79 Å². The van der Waals surface area contributed by atoms with Crippen LogP contribution in [0, 0.1) is 0 Å². The first-order valence-corrected chi connectivity index (χ1v) is 6.77. The summed E-state index contributed by atoms with van der Waals surface area (Å²) in [7, 11) is 0. The Kier molecular flexibility index (Phi) is 2.83. The Labute approximate surface area is 107 Å². The lowest BCUT2D eigenvalue weighted by atomic mass is 9.96. The zero-order valence-electron chi connectivity index (χ0n) is 9.79. The highest BCUT2D eigenvalue weighted by Crippen LogP contribution is 2.41. The fourth-order valence-corrected chi connectivity index (χ4v) is 2.71. The summed E-state index contributed by atoms with van der Waals surface area (Å²) in [6.45, 7) is 1.54. The molecule has 1 saturated carbocycles. The van der Waals surface area contributed by atoms with Crippen LogP contribution in [0.3, 0.4) is 0 Å². The third-order valence-electron chi connectivity index (χ3n) is 3.76. The summed E-state index contributed by atoms with van der Waals surface area (Å²) in [5, 5.41) is 0. The topological polar surface area (TPSA) is 20.3 Å². The van der Waals surface area contributed by atoms with Gasteiger partial charge in [-0.05, 0) is 41.9 Å². The molecular formula is C14H16ClNO. The van der Waals surface area contributed by atoms with Gasteiger partial charge < -0.3 is 4.90 Å². The first-order chi connectivity index (χ1) is 8.28. The summed E-state index contributed by atoms with van der Waals surface area (Å²) in [5.41, 5.74) is 4.16. The van der Waals surface area contributed by atoms with Gasteiger partial charge >= 0.3 is 0 Å². The summed E-state index contributed by atoms with van der Waals surface area (Å²) < 4.78 is 0. The van der Waals surface area contributed by atoms with Gasteiger partial charge in [-0.2, -0.15) is 0 Å². The number of alkyl halides is 1. The molecule has 1 aromatic carbocycles. The fourth-order valence-electron chi connectivity index (χ4n) is 2.55. The van der Waals surface area contributed by atoms with Crippen molar-refractivity contribution >= 4 is 17.5 Å². The van der Waals surface area contributed by atoms with Crippen LogP contribution >= 0.6 is 11.6 Å². The van der Waals surface area contributed by atoms with E-state index in [9.17, 15) is 4.79 Å². The van der Waals surface area contributed by atoms with E-state index in [1.54, 1.807) is 0 Å². The maximum Gasteiger partial charge on any atom is 0.237 e. The van der Waals surface area contributed by atoms with E-state index in [2.05, 4.69) is 18.2 Å². The average molecular weight is 250 g/mol. The van der Waals surface area contributed by atoms with E-state index in [1.807, 2.05) is 4.90 Å². The quantitative estimate of drug-likeness (QED) is 0.738. The molecule has 0 radical (unpaired) electrons. The predicted octanol–water partition coefficient (Wildman–Crippen LogP) is 2.69. The Morgan fingerprint density at radius 2 is 2.18 bits per heavy atom. The van der Waals surface area contributed by atoms with Gasteiger partial charge in [0, 0.05) is 13.1 Å². The van der Waals surface area contributed by atoms with E-state index in [4.69, 9.17) is 11.6 Å². The number of halogens is 1. The molecule has 3 rings (SSSR count). The van der Waals surface area contributed by atoms with Crippen molar-refractivity contribution in [2.24, 2.45) is 0 Å². The second kappa shape index (κ2) is 4.34. The zero-order valence-corrected chi connectivity index (χ0v) is 10.5. The molecule has 90 valence electrons. The van der Waals surface area contributed by atoms with E-state index >= 15 is 0 Å². The Balaban J connectivity index is 1.84. The number of fused-ring (bicyclic) bond motifs is 1. The van der Waals surface area contributed by atoms with Gasteiger partial charge in [0.1, 0.15) is 5.88 Å². The first-order valence-electron chi connectivity index (χ1n) is 6.23. The lowest BCUT2D eigenvalue weighted by molar-refractivity contribution is -0.129. The molecule has 1 amide bonds. The minimum atomic E-state index is 0.0501. The van der Waals surface area contributed by atoms with Crippen molar-refractivity contribution in [1.82, 2.24) is 4.90 Å². The minimum Gasteiger partial charge on any atom is -0.337 e. The molecule has 0 N–H and O–H groups in total. The van der Waals surface area contributed by atoms with Gasteiger partial charge in [-0.1, -0.05) is 18.2 Å². The molecule has 0 unspecified atom stereocenters. The highest BCUT2D eigenvalue weighted by molar-refractivity contribution is 6.27. The normalized spacial score (nSPS) is 19.0. The number of carbonyl (C=O) groups excluding carboxylic acids is 1. The Hall–Kier alpha value is -1.02. The molecule has 3 heteroatoms. The minimum absolute atomic E-state index is 0.0501. The van der Waals surface area contributed by atoms with E-state index in [1.165, 1.54) is 29.5 Å². The standard InChI is InChI=1S/C14H16ClNO/c15-8-14(17)16-6-5-11-3-4-12(10-1-2-10)7-13(11)9-16/h3-4,7,10H,1-2,5-6,8-9H2. The van der Waals surface area contributed by atoms with Gasteiger partial charge in [-0.25, -0.2) is 0 Å². The lowest BCUT2D eigenvalue weighted by Crippen LogP contribution is -2.36. The molecule has 1 aromatic rings. The van der Waals surface area contributed by atoms with Crippen molar-refractivity contribution in [2.75, 3.05) is 12.4 Å². The van der Waals surface area contributed by atoms with Crippen LogP contribution in [0.1, 0.15) is 35.4 Å². The summed E-state index contributed by atoms with van der Waals surface area (Å²) in [4.78, 5) is 13.5. The van der Waals surface area contributed by atoms with Crippen LogP contribution in [-0.4, -0.2) is 23.2 Å². The number of nitrogens with zero attached hydrogens (tertiary/aromatic N) is 1. The van der Waals surface area contributed by atoms with Crippen LogP contribution in [0.25, 0.3) is 0 Å². The molecule has 0 atom stereocenters. The summed E-state index contributed by atoms with van der Waals surface area (Å²) in [6.07, 6.45) is 3.61. The third kappa shape index (κ3) is 2.19. The Morgan fingerprint density at radius 3 is 2.88 bits per heavy atom. The molecule has 0 aromatic heterocycles. The summed E-state index contributed by atoms with van der Waals surface area (Å²) in [6, 6.07) is 6.79. The van der Waals surface area contributed by atoms with Crippen LogP contribution in [-0.2, 0) is 17.8 Å². The molecule has 2 aliphatic rings. The molecular weight excluding hydrogens is 234 g/mol. The number of rotatable bonds is 2. The van der Waals surface area contributed by atoms with E-state index in [0.29, 0.717) is 0 Å². The monoisotopic (exact) mass is 249 g/mol. The average Bonchev–Trinajstić information content (AvgIpc) is 3.20. The molecule has 17 heavy (non-hydrogen) atoms. The van der Waals surface area contributed by atoms with Crippen molar-refractivity contribution in [2.45, 2.75) is 31.7 Å². The molecule has 1 aliphatic carbocycles. The van der Waals surface area contributed by atoms with Gasteiger partial charge in [-0.15, -0.1) is 11.6 Å². The van der Waals surface area contributed by atoms with Gasteiger partial charge in [0.05, 0.1) is 0 Å². The van der Waals surface area contributed by atoms with Gasteiger partial charge in [0.15, 0.2) is 0 Å². The largest absolute Gasteiger partial charge is 0.337 e. The molecule has 0 saturated heterocycles. The highest BCUT2D eigenvalue weighted by atomic mass is 35.5. The number of hydrogen-bond donors (Lipinski definition) is 0. The van der Waals surface area contributed by atoms with Gasteiger partial charge in [0.2, 0.25) is 5.91 Å². The van der Waals surface area contributed by atoms with Crippen molar-refractivity contribution < 1.29 is 4.79 Å². The summed E-state index contributed by atoms with van der Waals surface area (Å²) >= 11 is 5.61. The molecule has 1 heterocycles. The van der Waals surface area contributed by atoms with Gasteiger partial charge in [0.25, 0.3) is 0 Å². The molecule has 1 fully saturated rings. The number of amides is 1. The highest BCUT2D eigenvalue weighted by Gasteiger charge is 2.26. The third-order valence-corrected chi connectivity index (χ3v) is 3.99. The Bertz CT molecular complexity index is 454. The van der Waals surface area contributed by atoms with Crippen LogP contribution in [0.2, 0.25) is 0 Å². The van der Waals surface area contributed by atoms with Crippen LogP contribution < -0.4 is 0 Å². The van der Waals surface area contributed by atoms with Crippen LogP contribution in [0.5, 0.6) is 0 Å². The van der Waals surface area contributed by atoms with Crippen molar-refractivity contribution in [1.29, 1.82) is 0 Å². The predicted molar refractivity (Wildman–Crippen MR) is 68.3 cm³/mol. The van der Waals surface area contributed by atoms with Crippen molar-refractivity contribution in [3.05, 3.63) is 34.9 Å². The van der Waals surface area contributed by atoms with Crippen molar-refractivity contribution in [3.63, 3.8) is 0 Å². The molecule has 0 bridgehead atoms. The molecule has 0 spiro atoms. The second-order valence-electron chi connectivity index (χ2n) is 5.00. The Morgan fingerprint density at radius 1 is 1.35 bits per heavy atom. The number of carbonyl (C=O) groups is 1. The van der Waals surface area contributed by atoms with Crippen molar-refractivity contribution in [3.8, 4) is 0 Å². The second-order valence-corrected chi connectivity index (χ2v) is 5.27. The summed E-state index contributed by atoms with van der Waals surface area (Å²) in [5.74, 6) is 0.922. The number of benzene rings is 1. The number of hydrogen-bond acceptors (Lipinski definition) is 1. The van der Waals surface area contributed by atoms with E-state index in [-0.39, 0.29) is 11.8 Å². The van der Waals surface area contributed by atoms with E-state index < -0.39 is 0 Å². The maximum atomic E-state index is 11.6. The lowest BCUT2D eigenvalue weighted by Gasteiger charge is -2.28. The zero-order chi connectivity index (χ0) is 11.8. The smallest absolute Gasteiger partial charge is 0.237 e. The molecule has 2 nitrogen and oxygen atoms in total. The fraction of sp³-hybridized carbons (Fsp3) is 0.500. The SMILES string of the molecule is O=C(CCl)N1CCc2ccc(C3CC3)cc2C1.